The smallest absolute Gasteiger partial charge is 0.358 e. The van der Waals surface area contributed by atoms with Crippen LogP contribution in [0, 0.1) is 20.2 Å². The molecule has 2 aromatic heterocycles. The van der Waals surface area contributed by atoms with Crippen molar-refractivity contribution < 1.29 is 9.85 Å². The molecule has 2 rings (SSSR count). The Balaban J connectivity index is 2.86. The lowest BCUT2D eigenvalue weighted by molar-refractivity contribution is -0.427. The zero-order chi connectivity index (χ0) is 11.0. The Labute approximate surface area is 82.1 Å². The van der Waals surface area contributed by atoms with E-state index in [1.807, 2.05) is 0 Å². The Morgan fingerprint density at radius 3 is 2.53 bits per heavy atom. The zero-order valence-corrected chi connectivity index (χ0v) is 7.23. The highest BCUT2D eigenvalue weighted by Gasteiger charge is 2.32. The van der Waals surface area contributed by atoms with E-state index in [2.05, 4.69) is 4.98 Å². The Bertz CT molecular complexity index is 561. The zero-order valence-electron chi connectivity index (χ0n) is 7.23. The molecular weight excluding hydrogens is 204 g/mol. The second-order valence-corrected chi connectivity index (χ2v) is 2.70. The lowest BCUT2D eigenvalue weighted by Gasteiger charge is -1.91. The number of nitro groups is 2. The van der Waals surface area contributed by atoms with Gasteiger partial charge in [-0.05, 0) is 15.9 Å². The summed E-state index contributed by atoms with van der Waals surface area (Å²) in [5.41, 5.74) is 0.177. The summed E-state index contributed by atoms with van der Waals surface area (Å²) < 4.78 is 1.07. The maximum Gasteiger partial charge on any atom is 0.463 e. The normalized spacial score (nSPS) is 10.4. The molecule has 0 aliphatic heterocycles. The van der Waals surface area contributed by atoms with Crippen LogP contribution in [0.2, 0.25) is 0 Å². The molecule has 0 aromatic carbocycles. The lowest BCUT2D eigenvalue weighted by Crippen LogP contribution is -1.97. The summed E-state index contributed by atoms with van der Waals surface area (Å²) >= 11 is 0. The van der Waals surface area contributed by atoms with Gasteiger partial charge in [-0.1, -0.05) is 6.07 Å². The fraction of sp³-hybridized carbons (Fsp3) is 0. The fourth-order valence-corrected chi connectivity index (χ4v) is 1.26. The van der Waals surface area contributed by atoms with Crippen LogP contribution in [-0.4, -0.2) is 19.2 Å². The van der Waals surface area contributed by atoms with Crippen LogP contribution >= 0.6 is 0 Å². The number of rotatable bonds is 2. The molecule has 76 valence electrons. The van der Waals surface area contributed by atoms with Crippen LogP contribution in [0.25, 0.3) is 5.65 Å². The maximum atomic E-state index is 10.6. The molecule has 0 atom stereocenters. The van der Waals surface area contributed by atoms with E-state index in [0.717, 1.165) is 4.40 Å². The van der Waals surface area contributed by atoms with Crippen LogP contribution in [-0.2, 0) is 0 Å². The third kappa shape index (κ3) is 1.27. The molecule has 0 unspecified atom stereocenters. The molecule has 0 fully saturated rings. The van der Waals surface area contributed by atoms with Gasteiger partial charge in [0.15, 0.2) is 0 Å². The molecule has 0 amide bonds. The average molecular weight is 208 g/mol. The Morgan fingerprint density at radius 1 is 1.20 bits per heavy atom. The fourth-order valence-electron chi connectivity index (χ4n) is 1.26. The molecule has 0 spiro atoms. The number of aromatic nitrogens is 2. The van der Waals surface area contributed by atoms with E-state index in [9.17, 15) is 20.2 Å². The minimum atomic E-state index is -0.870. The van der Waals surface area contributed by atoms with Crippen LogP contribution in [0.1, 0.15) is 0 Å². The molecular formula is C7H4N4O4. The van der Waals surface area contributed by atoms with Gasteiger partial charge >= 0.3 is 17.3 Å². The lowest BCUT2D eigenvalue weighted by atomic mass is 10.5. The quantitative estimate of drug-likeness (QED) is 0.543. The SMILES string of the molecule is O=[N+]([O-])c1nc2ccccn2c1[N+](=O)[O-]. The number of nitrogens with zero attached hydrogens (tertiary/aromatic N) is 4. The molecule has 15 heavy (non-hydrogen) atoms. The molecule has 0 N–H and O–H groups in total. The van der Waals surface area contributed by atoms with Gasteiger partial charge in [-0.3, -0.25) is 0 Å². The first-order chi connectivity index (χ1) is 7.11. The van der Waals surface area contributed by atoms with Gasteiger partial charge in [0.1, 0.15) is 6.20 Å². The Hall–Kier alpha value is -2.51. The van der Waals surface area contributed by atoms with Gasteiger partial charge in [-0.25, -0.2) is 0 Å². The summed E-state index contributed by atoms with van der Waals surface area (Å²) in [5, 5.41) is 21.2. The first-order valence-corrected chi connectivity index (χ1v) is 3.87. The van der Waals surface area contributed by atoms with Crippen molar-refractivity contribution in [3.8, 4) is 0 Å². The number of imidazole rings is 1. The predicted octanol–water partition coefficient (Wildman–Crippen LogP) is 1.15. The van der Waals surface area contributed by atoms with Crippen LogP contribution in [0.4, 0.5) is 11.6 Å². The second kappa shape index (κ2) is 3.01. The minimum absolute atomic E-state index is 0.177. The van der Waals surface area contributed by atoms with Gasteiger partial charge in [-0.2, -0.15) is 4.40 Å². The largest absolute Gasteiger partial charge is 0.463 e. The van der Waals surface area contributed by atoms with Crippen molar-refractivity contribution in [2.45, 2.75) is 0 Å². The number of hydrogen-bond acceptors (Lipinski definition) is 5. The van der Waals surface area contributed by atoms with Gasteiger partial charge in [0, 0.05) is 11.1 Å². The van der Waals surface area contributed by atoms with E-state index in [4.69, 9.17) is 0 Å². The minimum Gasteiger partial charge on any atom is -0.358 e. The van der Waals surface area contributed by atoms with Crippen molar-refractivity contribution in [3.63, 3.8) is 0 Å². The van der Waals surface area contributed by atoms with E-state index in [0.29, 0.717) is 0 Å². The van der Waals surface area contributed by atoms with Crippen LogP contribution in [0.5, 0.6) is 0 Å². The van der Waals surface area contributed by atoms with Crippen LogP contribution < -0.4 is 0 Å². The van der Waals surface area contributed by atoms with Gasteiger partial charge in [0.05, 0.1) is 0 Å². The van der Waals surface area contributed by atoms with Crippen molar-refractivity contribution >= 4 is 17.3 Å². The van der Waals surface area contributed by atoms with Crippen molar-refractivity contribution in [1.29, 1.82) is 0 Å². The summed E-state index contributed by atoms with van der Waals surface area (Å²) in [6.45, 7) is 0. The predicted molar refractivity (Wildman–Crippen MR) is 48.5 cm³/mol. The summed E-state index contributed by atoms with van der Waals surface area (Å²) in [6.07, 6.45) is 1.35. The molecule has 2 aromatic rings. The second-order valence-electron chi connectivity index (χ2n) is 2.70. The monoisotopic (exact) mass is 208 g/mol. The highest BCUT2D eigenvalue weighted by Crippen LogP contribution is 2.26. The van der Waals surface area contributed by atoms with Gasteiger partial charge < -0.3 is 20.2 Å². The molecule has 0 radical (unpaired) electrons. The van der Waals surface area contributed by atoms with Crippen molar-refractivity contribution in [1.82, 2.24) is 9.38 Å². The Kier molecular flexibility index (Phi) is 1.82. The van der Waals surface area contributed by atoms with E-state index >= 15 is 0 Å². The van der Waals surface area contributed by atoms with Crippen molar-refractivity contribution in [3.05, 3.63) is 44.6 Å². The van der Waals surface area contributed by atoms with Gasteiger partial charge in [0.2, 0.25) is 0 Å². The van der Waals surface area contributed by atoms with Crippen molar-refractivity contribution in [2.75, 3.05) is 0 Å². The summed E-state index contributed by atoms with van der Waals surface area (Å²) in [5.74, 6) is -1.37. The average Bonchev–Trinajstić information content (AvgIpc) is 2.56. The van der Waals surface area contributed by atoms with Crippen molar-refractivity contribution in [2.24, 2.45) is 0 Å². The molecule has 0 bridgehead atoms. The van der Waals surface area contributed by atoms with E-state index in [-0.39, 0.29) is 5.65 Å². The summed E-state index contributed by atoms with van der Waals surface area (Å²) in [7, 11) is 0. The maximum absolute atomic E-state index is 10.6. The van der Waals surface area contributed by atoms with Gasteiger partial charge in [0.25, 0.3) is 0 Å². The molecule has 0 saturated heterocycles. The molecule has 0 aliphatic rings. The third-order valence-corrected chi connectivity index (χ3v) is 1.83. The summed E-state index contributed by atoms with van der Waals surface area (Å²) in [6, 6.07) is 4.58. The van der Waals surface area contributed by atoms with Gasteiger partial charge in [-0.15, -0.1) is 0 Å². The highest BCUT2D eigenvalue weighted by molar-refractivity contribution is 5.55. The molecule has 0 saturated carbocycles. The van der Waals surface area contributed by atoms with E-state index in [1.165, 1.54) is 18.3 Å². The highest BCUT2D eigenvalue weighted by atomic mass is 16.6. The molecule has 8 nitrogen and oxygen atoms in total. The number of pyridine rings is 1. The first-order valence-electron chi connectivity index (χ1n) is 3.87. The number of fused-ring (bicyclic) bond motifs is 1. The van der Waals surface area contributed by atoms with Crippen LogP contribution in [0.3, 0.4) is 0 Å². The van der Waals surface area contributed by atoms with E-state index < -0.39 is 21.5 Å². The van der Waals surface area contributed by atoms with Crippen LogP contribution in [0.15, 0.2) is 24.4 Å². The molecule has 0 aliphatic carbocycles. The topological polar surface area (TPSA) is 104 Å². The summed E-state index contributed by atoms with van der Waals surface area (Å²) in [4.78, 5) is 23.0. The standard InChI is InChI=1S/C7H4N4O4/c12-10(13)6-7(11(14)15)9-4-2-1-3-5(9)8-6/h1-4H. The first kappa shape index (κ1) is 9.06. The van der Waals surface area contributed by atoms with E-state index in [1.54, 1.807) is 6.07 Å². The molecule has 2 heterocycles. The Morgan fingerprint density at radius 2 is 1.93 bits per heavy atom. The number of hydrogen-bond donors (Lipinski definition) is 0. The molecule has 8 heteroatoms. The third-order valence-electron chi connectivity index (χ3n) is 1.83.